The van der Waals surface area contributed by atoms with Gasteiger partial charge in [0.25, 0.3) is 5.91 Å². The number of methoxy groups -OCH3 is 1. The second-order valence-electron chi connectivity index (χ2n) is 5.71. The second-order valence-corrected chi connectivity index (χ2v) is 7.54. The Kier molecular flexibility index (Phi) is 5.93. The van der Waals surface area contributed by atoms with Crippen molar-refractivity contribution in [2.75, 3.05) is 19.0 Å². The normalized spacial score (nSPS) is 10.5. The number of nitrogens with one attached hydrogen (secondary N) is 1. The molecule has 5 nitrogen and oxygen atoms in total. The minimum atomic E-state index is -0.473. The van der Waals surface area contributed by atoms with Crippen molar-refractivity contribution in [3.8, 4) is 16.9 Å². The number of rotatable bonds is 6. The molecular weight excluding hydrogens is 382 g/mol. The maximum absolute atomic E-state index is 12.7. The molecule has 0 saturated carbocycles. The second kappa shape index (κ2) is 8.37. The van der Waals surface area contributed by atoms with Gasteiger partial charge in [0.15, 0.2) is 0 Å². The maximum Gasteiger partial charge on any atom is 0.341 e. The minimum absolute atomic E-state index is 0.247. The molecule has 2 heterocycles. The summed E-state index contributed by atoms with van der Waals surface area (Å²) in [5.41, 5.74) is 2.85. The van der Waals surface area contributed by atoms with Crippen molar-refractivity contribution >= 4 is 39.6 Å². The maximum atomic E-state index is 12.7. The lowest BCUT2D eigenvalue weighted by Crippen LogP contribution is -2.13. The van der Waals surface area contributed by atoms with E-state index in [0.717, 1.165) is 11.1 Å². The molecule has 0 unspecified atom stereocenters. The molecule has 0 aliphatic carbocycles. The SMILES string of the molecule is CCOC(=O)c1c(-c2cc(C)ccc2OC)csc1NC(=O)c1cccs1. The Morgan fingerprint density at radius 3 is 2.63 bits per heavy atom. The topological polar surface area (TPSA) is 64.6 Å². The average Bonchev–Trinajstić information content (AvgIpc) is 3.32. The van der Waals surface area contributed by atoms with Gasteiger partial charge in [-0.05, 0) is 37.4 Å². The van der Waals surface area contributed by atoms with Crippen LogP contribution >= 0.6 is 22.7 Å². The first-order valence-corrected chi connectivity index (χ1v) is 10.1. The fourth-order valence-electron chi connectivity index (χ4n) is 2.66. The molecule has 3 rings (SSSR count). The number of amides is 1. The van der Waals surface area contributed by atoms with Crippen LogP contribution in [0.4, 0.5) is 5.00 Å². The van der Waals surface area contributed by atoms with Crippen molar-refractivity contribution in [3.63, 3.8) is 0 Å². The van der Waals surface area contributed by atoms with E-state index in [-0.39, 0.29) is 12.5 Å². The van der Waals surface area contributed by atoms with Gasteiger partial charge in [-0.1, -0.05) is 17.7 Å². The van der Waals surface area contributed by atoms with Gasteiger partial charge < -0.3 is 14.8 Å². The molecular formula is C20H19NO4S2. The van der Waals surface area contributed by atoms with Crippen molar-refractivity contribution in [2.45, 2.75) is 13.8 Å². The fraction of sp³-hybridized carbons (Fsp3) is 0.200. The summed E-state index contributed by atoms with van der Waals surface area (Å²) < 4.78 is 10.7. The standard InChI is InChI=1S/C20H19NO4S2/c1-4-25-20(23)17-14(13-10-12(2)7-8-15(13)24-3)11-27-19(17)21-18(22)16-6-5-9-26-16/h5-11H,4H2,1-3H3,(H,21,22). The Hall–Kier alpha value is -2.64. The molecule has 0 aliphatic heterocycles. The largest absolute Gasteiger partial charge is 0.496 e. The van der Waals surface area contributed by atoms with E-state index in [1.54, 1.807) is 20.1 Å². The van der Waals surface area contributed by atoms with Gasteiger partial charge >= 0.3 is 5.97 Å². The molecule has 0 atom stereocenters. The Morgan fingerprint density at radius 2 is 1.96 bits per heavy atom. The fourth-order valence-corrected chi connectivity index (χ4v) is 4.22. The van der Waals surface area contributed by atoms with Crippen LogP contribution in [0.5, 0.6) is 5.75 Å². The van der Waals surface area contributed by atoms with E-state index in [4.69, 9.17) is 9.47 Å². The summed E-state index contributed by atoms with van der Waals surface area (Å²) in [5.74, 6) is -0.0703. The van der Waals surface area contributed by atoms with Crippen molar-refractivity contribution in [1.29, 1.82) is 0 Å². The lowest BCUT2D eigenvalue weighted by atomic mass is 10.0. The third-order valence-corrected chi connectivity index (χ3v) is 5.65. The summed E-state index contributed by atoms with van der Waals surface area (Å²) in [4.78, 5) is 25.7. The zero-order valence-electron chi connectivity index (χ0n) is 15.2. The molecule has 7 heteroatoms. The molecule has 1 N–H and O–H groups in total. The monoisotopic (exact) mass is 401 g/mol. The summed E-state index contributed by atoms with van der Waals surface area (Å²) in [7, 11) is 1.59. The van der Waals surface area contributed by atoms with Crippen LogP contribution in [-0.4, -0.2) is 25.6 Å². The molecule has 27 heavy (non-hydrogen) atoms. The van der Waals surface area contributed by atoms with E-state index in [2.05, 4.69) is 5.32 Å². The molecule has 3 aromatic rings. The number of thiophene rings is 2. The Balaban J connectivity index is 2.07. The summed E-state index contributed by atoms with van der Waals surface area (Å²) in [6, 6.07) is 9.30. The molecule has 2 aromatic heterocycles. The summed E-state index contributed by atoms with van der Waals surface area (Å²) in [5, 5.41) is 6.98. The Morgan fingerprint density at radius 1 is 1.15 bits per heavy atom. The molecule has 0 bridgehead atoms. The van der Waals surface area contributed by atoms with Crippen LogP contribution < -0.4 is 10.1 Å². The Bertz CT molecular complexity index is 961. The average molecular weight is 402 g/mol. The van der Waals surface area contributed by atoms with Crippen LogP contribution in [0.3, 0.4) is 0 Å². The number of hydrogen-bond acceptors (Lipinski definition) is 6. The van der Waals surface area contributed by atoms with Gasteiger partial charge in [0.2, 0.25) is 0 Å². The van der Waals surface area contributed by atoms with Gasteiger partial charge in [-0.3, -0.25) is 4.79 Å². The highest BCUT2D eigenvalue weighted by molar-refractivity contribution is 7.15. The number of anilines is 1. The third-order valence-electron chi connectivity index (χ3n) is 3.89. The molecule has 0 fully saturated rings. The number of ether oxygens (including phenoxy) is 2. The highest BCUT2D eigenvalue weighted by Crippen LogP contribution is 2.40. The molecule has 0 aliphatic rings. The van der Waals surface area contributed by atoms with Gasteiger partial charge in [0, 0.05) is 16.5 Å². The van der Waals surface area contributed by atoms with Crippen molar-refractivity contribution in [1.82, 2.24) is 0 Å². The van der Waals surface area contributed by atoms with Gasteiger partial charge in [0.05, 0.1) is 18.6 Å². The van der Waals surface area contributed by atoms with E-state index < -0.39 is 5.97 Å². The Labute approximate surface area is 165 Å². The number of benzene rings is 1. The number of carbonyl (C=O) groups is 2. The van der Waals surface area contributed by atoms with Crippen LogP contribution in [0.2, 0.25) is 0 Å². The first-order chi connectivity index (χ1) is 13.0. The molecule has 0 saturated heterocycles. The number of esters is 1. The molecule has 1 amide bonds. The van der Waals surface area contributed by atoms with E-state index >= 15 is 0 Å². The summed E-state index contributed by atoms with van der Waals surface area (Å²) >= 11 is 2.63. The van der Waals surface area contributed by atoms with Crippen LogP contribution in [0.25, 0.3) is 11.1 Å². The first-order valence-electron chi connectivity index (χ1n) is 8.33. The molecule has 1 aromatic carbocycles. The number of aryl methyl sites for hydroxylation is 1. The van der Waals surface area contributed by atoms with Crippen molar-refractivity contribution in [3.05, 3.63) is 57.1 Å². The molecule has 140 valence electrons. The van der Waals surface area contributed by atoms with Gasteiger partial charge in [-0.15, -0.1) is 22.7 Å². The zero-order chi connectivity index (χ0) is 19.4. The minimum Gasteiger partial charge on any atom is -0.496 e. The number of carbonyl (C=O) groups excluding carboxylic acids is 2. The third kappa shape index (κ3) is 4.04. The van der Waals surface area contributed by atoms with E-state index in [9.17, 15) is 9.59 Å². The molecule has 0 spiro atoms. The highest BCUT2D eigenvalue weighted by atomic mass is 32.1. The highest BCUT2D eigenvalue weighted by Gasteiger charge is 2.25. The van der Waals surface area contributed by atoms with E-state index in [0.29, 0.717) is 26.8 Å². The van der Waals surface area contributed by atoms with Crippen LogP contribution in [-0.2, 0) is 4.74 Å². The molecule has 0 radical (unpaired) electrons. The smallest absolute Gasteiger partial charge is 0.341 e. The van der Waals surface area contributed by atoms with Crippen molar-refractivity contribution in [2.24, 2.45) is 0 Å². The zero-order valence-corrected chi connectivity index (χ0v) is 16.8. The van der Waals surface area contributed by atoms with Crippen LogP contribution in [0, 0.1) is 6.92 Å². The van der Waals surface area contributed by atoms with Gasteiger partial charge in [-0.25, -0.2) is 4.79 Å². The van der Waals surface area contributed by atoms with Crippen LogP contribution in [0.15, 0.2) is 41.1 Å². The van der Waals surface area contributed by atoms with Crippen molar-refractivity contribution < 1.29 is 19.1 Å². The lowest BCUT2D eigenvalue weighted by Gasteiger charge is -2.12. The first kappa shape index (κ1) is 19.1. The van der Waals surface area contributed by atoms with Crippen LogP contribution in [0.1, 0.15) is 32.5 Å². The van der Waals surface area contributed by atoms with E-state index in [1.165, 1.54) is 22.7 Å². The quantitative estimate of drug-likeness (QED) is 0.575. The summed E-state index contributed by atoms with van der Waals surface area (Å²) in [6.07, 6.45) is 0. The lowest BCUT2D eigenvalue weighted by molar-refractivity contribution is 0.0529. The number of hydrogen-bond donors (Lipinski definition) is 1. The van der Waals surface area contributed by atoms with E-state index in [1.807, 2.05) is 41.9 Å². The predicted octanol–water partition coefficient (Wildman–Crippen LogP) is 5.22. The predicted molar refractivity (Wildman–Crippen MR) is 109 cm³/mol. The summed E-state index contributed by atoms with van der Waals surface area (Å²) in [6.45, 7) is 3.97. The van der Waals surface area contributed by atoms with Gasteiger partial charge in [0.1, 0.15) is 16.3 Å². The van der Waals surface area contributed by atoms with Gasteiger partial charge in [-0.2, -0.15) is 0 Å².